The summed E-state index contributed by atoms with van der Waals surface area (Å²) in [5, 5.41) is 13.9. The van der Waals surface area contributed by atoms with Gasteiger partial charge in [-0.05, 0) is 12.8 Å². The number of carboxylic acid groups (broad SMARTS) is 1. The number of aliphatic carboxylic acids is 1. The fourth-order valence-corrected chi connectivity index (χ4v) is 1.25. The Labute approximate surface area is 113 Å². The molecular weight excluding hydrogens is 248 g/mol. The van der Waals surface area contributed by atoms with Gasteiger partial charge in [0.2, 0.25) is 11.8 Å². The second-order valence-electron chi connectivity index (χ2n) is 5.66. The van der Waals surface area contributed by atoms with E-state index in [1.54, 1.807) is 27.7 Å². The third-order valence-corrected chi connectivity index (χ3v) is 2.65. The van der Waals surface area contributed by atoms with Crippen molar-refractivity contribution >= 4 is 17.8 Å². The van der Waals surface area contributed by atoms with Crippen LogP contribution in [0.15, 0.2) is 0 Å². The molecule has 0 radical (unpaired) electrons. The SMILES string of the molecule is CC(CCCNC(=O)CNC(=O)C(C)(C)C)C(=O)O. The van der Waals surface area contributed by atoms with Crippen LogP contribution in [-0.2, 0) is 14.4 Å². The molecule has 0 aromatic heterocycles. The largest absolute Gasteiger partial charge is 0.481 e. The van der Waals surface area contributed by atoms with Gasteiger partial charge in [-0.1, -0.05) is 27.7 Å². The summed E-state index contributed by atoms with van der Waals surface area (Å²) in [6.07, 6.45) is 1.12. The van der Waals surface area contributed by atoms with Crippen LogP contribution in [0.5, 0.6) is 0 Å². The van der Waals surface area contributed by atoms with E-state index < -0.39 is 17.3 Å². The molecule has 110 valence electrons. The van der Waals surface area contributed by atoms with E-state index in [-0.39, 0.29) is 18.4 Å². The Bertz CT molecular complexity index is 334. The van der Waals surface area contributed by atoms with E-state index in [2.05, 4.69) is 10.6 Å². The summed E-state index contributed by atoms with van der Waals surface area (Å²) >= 11 is 0. The first-order valence-electron chi connectivity index (χ1n) is 6.42. The number of carbonyl (C=O) groups excluding carboxylic acids is 2. The van der Waals surface area contributed by atoms with E-state index in [9.17, 15) is 14.4 Å². The molecular formula is C13H24N2O4. The fraction of sp³-hybridized carbons (Fsp3) is 0.769. The molecule has 0 bridgehead atoms. The molecule has 1 atom stereocenters. The smallest absolute Gasteiger partial charge is 0.306 e. The van der Waals surface area contributed by atoms with Gasteiger partial charge < -0.3 is 15.7 Å². The monoisotopic (exact) mass is 272 g/mol. The van der Waals surface area contributed by atoms with Crippen LogP contribution < -0.4 is 10.6 Å². The molecule has 3 N–H and O–H groups in total. The summed E-state index contributed by atoms with van der Waals surface area (Å²) in [7, 11) is 0. The molecule has 0 fully saturated rings. The number of hydrogen-bond acceptors (Lipinski definition) is 3. The van der Waals surface area contributed by atoms with Crippen molar-refractivity contribution in [2.45, 2.75) is 40.5 Å². The van der Waals surface area contributed by atoms with Crippen LogP contribution in [0.1, 0.15) is 40.5 Å². The minimum atomic E-state index is -0.830. The van der Waals surface area contributed by atoms with Crippen molar-refractivity contribution in [1.82, 2.24) is 10.6 Å². The van der Waals surface area contributed by atoms with Crippen LogP contribution in [0, 0.1) is 11.3 Å². The van der Waals surface area contributed by atoms with Crippen molar-refractivity contribution in [2.75, 3.05) is 13.1 Å². The lowest BCUT2D eigenvalue weighted by atomic mass is 9.96. The molecule has 6 nitrogen and oxygen atoms in total. The zero-order chi connectivity index (χ0) is 15.1. The number of carboxylic acids is 1. The van der Waals surface area contributed by atoms with Gasteiger partial charge >= 0.3 is 5.97 Å². The standard InChI is InChI=1S/C13H24N2O4/c1-9(11(17)18)6-5-7-14-10(16)8-15-12(19)13(2,3)4/h9H,5-8H2,1-4H3,(H,14,16)(H,15,19)(H,17,18). The molecule has 0 aromatic carbocycles. The lowest BCUT2D eigenvalue weighted by Crippen LogP contribution is -2.41. The van der Waals surface area contributed by atoms with Crippen molar-refractivity contribution in [3.63, 3.8) is 0 Å². The number of hydrogen-bond donors (Lipinski definition) is 3. The third-order valence-electron chi connectivity index (χ3n) is 2.65. The van der Waals surface area contributed by atoms with E-state index in [0.717, 1.165) is 0 Å². The maximum absolute atomic E-state index is 11.5. The lowest BCUT2D eigenvalue weighted by molar-refractivity contribution is -0.141. The van der Waals surface area contributed by atoms with Crippen molar-refractivity contribution in [2.24, 2.45) is 11.3 Å². The summed E-state index contributed by atoms with van der Waals surface area (Å²) < 4.78 is 0. The van der Waals surface area contributed by atoms with Crippen molar-refractivity contribution < 1.29 is 19.5 Å². The van der Waals surface area contributed by atoms with Gasteiger partial charge in [-0.15, -0.1) is 0 Å². The highest BCUT2D eigenvalue weighted by Gasteiger charge is 2.21. The fourth-order valence-electron chi connectivity index (χ4n) is 1.25. The Morgan fingerprint density at radius 1 is 1.16 bits per heavy atom. The van der Waals surface area contributed by atoms with Gasteiger partial charge in [-0.3, -0.25) is 14.4 Å². The summed E-state index contributed by atoms with van der Waals surface area (Å²) in [6, 6.07) is 0. The van der Waals surface area contributed by atoms with Gasteiger partial charge in [-0.25, -0.2) is 0 Å². The van der Waals surface area contributed by atoms with Crippen LogP contribution in [-0.4, -0.2) is 36.0 Å². The van der Waals surface area contributed by atoms with E-state index in [1.165, 1.54) is 0 Å². The molecule has 0 aromatic rings. The topological polar surface area (TPSA) is 95.5 Å². The molecule has 6 heteroatoms. The first-order chi connectivity index (χ1) is 8.64. The number of carbonyl (C=O) groups is 3. The Kier molecular flexibility index (Phi) is 7.11. The molecule has 2 amide bonds. The van der Waals surface area contributed by atoms with Crippen LogP contribution >= 0.6 is 0 Å². The molecule has 0 rings (SSSR count). The molecule has 0 aliphatic rings. The van der Waals surface area contributed by atoms with E-state index in [4.69, 9.17) is 5.11 Å². The normalized spacial score (nSPS) is 12.6. The van der Waals surface area contributed by atoms with E-state index >= 15 is 0 Å². The van der Waals surface area contributed by atoms with Crippen LogP contribution in [0.2, 0.25) is 0 Å². The second-order valence-corrected chi connectivity index (χ2v) is 5.66. The average molecular weight is 272 g/mol. The first kappa shape index (κ1) is 17.4. The molecule has 0 aliphatic carbocycles. The van der Waals surface area contributed by atoms with Gasteiger partial charge in [-0.2, -0.15) is 0 Å². The Hall–Kier alpha value is -1.59. The van der Waals surface area contributed by atoms with Crippen molar-refractivity contribution in [3.8, 4) is 0 Å². The van der Waals surface area contributed by atoms with E-state index in [0.29, 0.717) is 19.4 Å². The summed E-state index contributed by atoms with van der Waals surface area (Å²) in [5.41, 5.74) is -0.517. The quantitative estimate of drug-likeness (QED) is 0.596. The van der Waals surface area contributed by atoms with E-state index in [1.807, 2.05) is 0 Å². The van der Waals surface area contributed by atoms with Gasteiger partial charge in [0.05, 0.1) is 12.5 Å². The van der Waals surface area contributed by atoms with Gasteiger partial charge in [0.1, 0.15) is 0 Å². The van der Waals surface area contributed by atoms with Crippen LogP contribution in [0.3, 0.4) is 0 Å². The van der Waals surface area contributed by atoms with Gasteiger partial charge in [0.25, 0.3) is 0 Å². The number of nitrogens with one attached hydrogen (secondary N) is 2. The molecule has 0 saturated carbocycles. The highest BCUT2D eigenvalue weighted by Crippen LogP contribution is 2.11. The van der Waals surface area contributed by atoms with Crippen molar-refractivity contribution in [3.05, 3.63) is 0 Å². The molecule has 0 spiro atoms. The molecule has 19 heavy (non-hydrogen) atoms. The summed E-state index contributed by atoms with van der Waals surface area (Å²) in [6.45, 7) is 7.31. The van der Waals surface area contributed by atoms with Gasteiger partial charge in [0.15, 0.2) is 0 Å². The predicted octanol–water partition coefficient (Wildman–Crippen LogP) is 0.766. The molecule has 0 aliphatic heterocycles. The Balaban J connectivity index is 3.72. The number of amides is 2. The lowest BCUT2D eigenvalue weighted by Gasteiger charge is -2.17. The van der Waals surface area contributed by atoms with Crippen molar-refractivity contribution in [1.29, 1.82) is 0 Å². The number of rotatable bonds is 7. The average Bonchev–Trinajstić information content (AvgIpc) is 2.29. The second kappa shape index (κ2) is 7.76. The Morgan fingerprint density at radius 3 is 2.21 bits per heavy atom. The predicted molar refractivity (Wildman–Crippen MR) is 71.5 cm³/mol. The summed E-state index contributed by atoms with van der Waals surface area (Å²) in [5.74, 6) is -1.68. The molecule has 0 heterocycles. The third kappa shape index (κ3) is 8.18. The molecule has 1 unspecified atom stereocenters. The zero-order valence-corrected chi connectivity index (χ0v) is 12.1. The van der Waals surface area contributed by atoms with Crippen LogP contribution in [0.25, 0.3) is 0 Å². The maximum Gasteiger partial charge on any atom is 0.306 e. The Morgan fingerprint density at radius 2 is 1.74 bits per heavy atom. The molecule has 0 saturated heterocycles. The minimum absolute atomic E-state index is 0.0510. The van der Waals surface area contributed by atoms with Crippen LogP contribution in [0.4, 0.5) is 0 Å². The highest BCUT2D eigenvalue weighted by atomic mass is 16.4. The van der Waals surface area contributed by atoms with Gasteiger partial charge in [0, 0.05) is 12.0 Å². The zero-order valence-electron chi connectivity index (χ0n) is 12.1. The summed E-state index contributed by atoms with van der Waals surface area (Å²) in [4.78, 5) is 33.5. The maximum atomic E-state index is 11.5. The first-order valence-corrected chi connectivity index (χ1v) is 6.42. The highest BCUT2D eigenvalue weighted by molar-refractivity contribution is 5.87. The minimum Gasteiger partial charge on any atom is -0.481 e.